The summed E-state index contributed by atoms with van der Waals surface area (Å²) >= 11 is 0. The largest absolute Gasteiger partial charge is 0.459 e. The maximum Gasteiger partial charge on any atom is 0.459 e. The molecule has 1 unspecified atom stereocenters. The number of benzene rings is 2. The lowest BCUT2D eigenvalue weighted by atomic mass is 9.93. The zero-order chi connectivity index (χ0) is 27.1. The van der Waals surface area contributed by atoms with Gasteiger partial charge in [-0.25, -0.2) is 8.78 Å². The lowest BCUT2D eigenvalue weighted by Gasteiger charge is -2.29. The standard InChI is InChI=1S/C26H24F7N3O/c1-15(2)24(37)35-10-8-16(9-11-35)17-4-3-5-18(12-17)22-14-23(25(29,30)26(31,32)33)34-36(22)21-7-6-19(27)13-20(21)28/h3-8,12-13,15,22H,9-11,14H2,1-2H3. The van der Waals surface area contributed by atoms with Crippen LogP contribution in [0.1, 0.15) is 43.9 Å². The quantitative estimate of drug-likeness (QED) is 0.404. The van der Waals surface area contributed by atoms with Crippen LogP contribution in [0.5, 0.6) is 0 Å². The van der Waals surface area contributed by atoms with Gasteiger partial charge in [0, 0.05) is 31.5 Å². The van der Waals surface area contributed by atoms with E-state index in [2.05, 4.69) is 5.10 Å². The number of halogens is 7. The maximum atomic E-state index is 14.6. The van der Waals surface area contributed by atoms with E-state index in [9.17, 15) is 35.5 Å². The van der Waals surface area contributed by atoms with Crippen molar-refractivity contribution in [2.75, 3.05) is 18.1 Å². The third kappa shape index (κ3) is 5.21. The molecule has 2 aliphatic rings. The van der Waals surface area contributed by atoms with Crippen molar-refractivity contribution in [3.8, 4) is 0 Å². The van der Waals surface area contributed by atoms with E-state index in [0.717, 1.165) is 22.7 Å². The number of anilines is 1. The molecule has 2 aromatic rings. The van der Waals surface area contributed by atoms with Gasteiger partial charge in [-0.15, -0.1) is 0 Å². The zero-order valence-electron chi connectivity index (χ0n) is 20.0. The molecule has 0 bridgehead atoms. The van der Waals surface area contributed by atoms with Crippen LogP contribution in [-0.2, 0) is 4.79 Å². The molecule has 2 aliphatic heterocycles. The Labute approximate surface area is 209 Å². The van der Waals surface area contributed by atoms with Crippen LogP contribution >= 0.6 is 0 Å². The fourth-order valence-electron chi connectivity index (χ4n) is 4.45. The molecule has 0 fully saturated rings. The number of nitrogens with zero attached hydrogens (tertiary/aromatic N) is 3. The first kappa shape index (κ1) is 26.7. The van der Waals surface area contributed by atoms with Gasteiger partial charge in [-0.2, -0.15) is 27.1 Å². The van der Waals surface area contributed by atoms with E-state index in [4.69, 9.17) is 0 Å². The van der Waals surface area contributed by atoms with Gasteiger partial charge in [-0.05, 0) is 41.3 Å². The minimum atomic E-state index is -5.89. The summed E-state index contributed by atoms with van der Waals surface area (Å²) in [7, 11) is 0. The normalized spacial score (nSPS) is 18.8. The van der Waals surface area contributed by atoms with Gasteiger partial charge in [0.25, 0.3) is 0 Å². The predicted octanol–water partition coefficient (Wildman–Crippen LogP) is 6.74. The van der Waals surface area contributed by atoms with Gasteiger partial charge in [0.2, 0.25) is 5.91 Å². The lowest BCUT2D eigenvalue weighted by molar-refractivity contribution is -0.249. The molecule has 2 heterocycles. The minimum Gasteiger partial charge on any atom is -0.338 e. The molecule has 0 saturated carbocycles. The van der Waals surface area contributed by atoms with Crippen LogP contribution in [0.3, 0.4) is 0 Å². The molecule has 0 aliphatic carbocycles. The van der Waals surface area contributed by atoms with E-state index >= 15 is 0 Å². The average Bonchev–Trinajstić information content (AvgIpc) is 3.29. The molecule has 37 heavy (non-hydrogen) atoms. The number of carbonyl (C=O) groups is 1. The SMILES string of the molecule is CC(C)C(=O)N1CC=C(c2cccc(C3CC(C(F)(F)C(F)(F)F)=NN3c3ccc(F)cc3F)c2)CC1. The van der Waals surface area contributed by atoms with Gasteiger partial charge >= 0.3 is 12.1 Å². The van der Waals surface area contributed by atoms with Gasteiger partial charge in [0.15, 0.2) is 5.82 Å². The Kier molecular flexibility index (Phi) is 7.09. The highest BCUT2D eigenvalue weighted by molar-refractivity contribution is 5.95. The summed E-state index contributed by atoms with van der Waals surface area (Å²) in [6.45, 7) is 4.48. The van der Waals surface area contributed by atoms with Gasteiger partial charge in [0.05, 0.1) is 11.7 Å². The Morgan fingerprint density at radius 1 is 1.05 bits per heavy atom. The number of hydrazone groups is 1. The molecule has 0 aromatic heterocycles. The first-order valence-corrected chi connectivity index (χ1v) is 11.6. The van der Waals surface area contributed by atoms with Gasteiger partial charge in [-0.3, -0.25) is 9.80 Å². The fraction of sp³-hybridized carbons (Fsp3) is 0.385. The molecule has 1 atom stereocenters. The summed E-state index contributed by atoms with van der Waals surface area (Å²) in [6, 6.07) is 7.69. The summed E-state index contributed by atoms with van der Waals surface area (Å²) in [5.74, 6) is -7.44. The van der Waals surface area contributed by atoms with Crippen molar-refractivity contribution >= 4 is 22.9 Å². The number of hydrogen-bond donors (Lipinski definition) is 0. The van der Waals surface area contributed by atoms with Crippen LogP contribution in [-0.4, -0.2) is 41.7 Å². The topological polar surface area (TPSA) is 35.9 Å². The predicted molar refractivity (Wildman–Crippen MR) is 125 cm³/mol. The molecule has 0 saturated heterocycles. The lowest BCUT2D eigenvalue weighted by Crippen LogP contribution is -2.43. The number of carbonyl (C=O) groups excluding carboxylic acids is 1. The van der Waals surface area contributed by atoms with Crippen LogP contribution in [0.2, 0.25) is 0 Å². The molecular formula is C26H24F7N3O. The molecular weight excluding hydrogens is 503 g/mol. The highest BCUT2D eigenvalue weighted by atomic mass is 19.4. The van der Waals surface area contributed by atoms with Gasteiger partial charge in [-0.1, -0.05) is 38.1 Å². The van der Waals surface area contributed by atoms with Crippen LogP contribution in [0.25, 0.3) is 5.57 Å². The van der Waals surface area contributed by atoms with Crippen molar-refractivity contribution in [1.29, 1.82) is 0 Å². The molecule has 198 valence electrons. The Bertz CT molecular complexity index is 1250. The van der Waals surface area contributed by atoms with E-state index in [-0.39, 0.29) is 11.8 Å². The third-order valence-electron chi connectivity index (χ3n) is 6.44. The van der Waals surface area contributed by atoms with Gasteiger partial charge in [0.1, 0.15) is 11.5 Å². The molecule has 4 rings (SSSR count). The smallest absolute Gasteiger partial charge is 0.338 e. The van der Waals surface area contributed by atoms with Crippen molar-refractivity contribution in [2.45, 2.75) is 44.8 Å². The van der Waals surface area contributed by atoms with Crippen molar-refractivity contribution in [1.82, 2.24) is 4.90 Å². The van der Waals surface area contributed by atoms with Crippen molar-refractivity contribution < 1.29 is 35.5 Å². The van der Waals surface area contributed by atoms with Crippen LogP contribution in [0.4, 0.5) is 36.4 Å². The summed E-state index contributed by atoms with van der Waals surface area (Å²) in [6.07, 6.45) is -4.31. The van der Waals surface area contributed by atoms with Gasteiger partial charge < -0.3 is 4.90 Å². The molecule has 0 N–H and O–H groups in total. The van der Waals surface area contributed by atoms with Crippen LogP contribution in [0.15, 0.2) is 53.6 Å². The number of hydrogen-bond acceptors (Lipinski definition) is 3. The van der Waals surface area contributed by atoms with E-state index in [0.29, 0.717) is 36.7 Å². The number of rotatable bonds is 5. The van der Waals surface area contributed by atoms with Crippen molar-refractivity contribution in [3.63, 3.8) is 0 Å². The average molecular weight is 527 g/mol. The fourth-order valence-corrected chi connectivity index (χ4v) is 4.45. The van der Waals surface area contributed by atoms with E-state index in [1.54, 1.807) is 36.9 Å². The second-order valence-electron chi connectivity index (χ2n) is 9.32. The highest BCUT2D eigenvalue weighted by Crippen LogP contribution is 2.45. The molecule has 2 aromatic carbocycles. The first-order valence-electron chi connectivity index (χ1n) is 11.6. The maximum absolute atomic E-state index is 14.6. The molecule has 11 heteroatoms. The summed E-state index contributed by atoms with van der Waals surface area (Å²) in [4.78, 5) is 14.0. The molecule has 0 radical (unpaired) electrons. The second-order valence-corrected chi connectivity index (χ2v) is 9.32. The third-order valence-corrected chi connectivity index (χ3v) is 6.44. The molecule has 0 spiro atoms. The second kappa shape index (κ2) is 9.83. The van der Waals surface area contributed by atoms with E-state index in [1.165, 1.54) is 6.07 Å². The zero-order valence-corrected chi connectivity index (χ0v) is 20.0. The Morgan fingerprint density at radius 2 is 1.78 bits per heavy atom. The Balaban J connectivity index is 1.69. The molecule has 4 nitrogen and oxygen atoms in total. The number of alkyl halides is 5. The van der Waals surface area contributed by atoms with Crippen molar-refractivity contribution in [2.24, 2.45) is 11.0 Å². The minimum absolute atomic E-state index is 0.0160. The van der Waals surface area contributed by atoms with Crippen LogP contribution < -0.4 is 5.01 Å². The molecule has 1 amide bonds. The summed E-state index contributed by atoms with van der Waals surface area (Å²) in [5, 5.41) is 4.24. The summed E-state index contributed by atoms with van der Waals surface area (Å²) < 4.78 is 95.8. The van der Waals surface area contributed by atoms with E-state index < -0.39 is 47.6 Å². The van der Waals surface area contributed by atoms with Crippen LogP contribution in [0, 0.1) is 17.6 Å². The first-order chi connectivity index (χ1) is 17.3. The Hall–Kier alpha value is -3.37. The monoisotopic (exact) mass is 527 g/mol. The van der Waals surface area contributed by atoms with E-state index in [1.807, 2.05) is 6.08 Å². The Morgan fingerprint density at radius 3 is 2.38 bits per heavy atom. The van der Waals surface area contributed by atoms with Crippen molar-refractivity contribution in [3.05, 3.63) is 71.3 Å². The summed E-state index contributed by atoms with van der Waals surface area (Å²) in [5.41, 5.74) is 0.0292. The number of amides is 1. The highest BCUT2D eigenvalue weighted by Gasteiger charge is 2.63.